The molecule has 0 N–H and O–H groups in total. The maximum Gasteiger partial charge on any atom is 0.360 e. The maximum atomic E-state index is 8.49. The van der Waals surface area contributed by atoms with E-state index in [2.05, 4.69) is 62.4 Å². The molecule has 0 fully saturated rings. The topological polar surface area (TPSA) is 104 Å². The fourth-order valence-electron chi connectivity index (χ4n) is 2.16. The van der Waals surface area contributed by atoms with Crippen LogP contribution in [0.5, 0.6) is 0 Å². The zero-order valence-corrected chi connectivity index (χ0v) is 14.5. The van der Waals surface area contributed by atoms with Gasteiger partial charge in [-0.1, -0.05) is 35.4 Å². The second-order valence-corrected chi connectivity index (χ2v) is 6.22. The summed E-state index contributed by atoms with van der Waals surface area (Å²) in [5.74, 6) is 1.78. The molecular weight excluding hydrogens is 344 g/mol. The van der Waals surface area contributed by atoms with Crippen molar-refractivity contribution >= 4 is 0 Å². The summed E-state index contributed by atoms with van der Waals surface area (Å²) in [7, 11) is -4.94. The Morgan fingerprint density at radius 2 is 0.920 bits per heavy atom. The predicted molar refractivity (Wildman–Crippen MR) is 83.5 cm³/mol. The first kappa shape index (κ1) is 19.1. The van der Waals surface area contributed by atoms with Crippen LogP contribution in [0.4, 0.5) is 0 Å². The molecule has 0 amide bonds. The van der Waals surface area contributed by atoms with Crippen molar-refractivity contribution in [3.05, 3.63) is 77.9 Å². The van der Waals surface area contributed by atoms with Gasteiger partial charge in [-0.15, -0.1) is 10.2 Å². The highest BCUT2D eigenvalue weighted by Gasteiger charge is 2.16. The van der Waals surface area contributed by atoms with Crippen molar-refractivity contribution in [2.45, 2.75) is 13.8 Å². The Kier molecular flexibility index (Phi) is 6.25. The normalized spacial score (nSPS) is 10.8. The molecule has 5 nitrogen and oxygen atoms in total. The summed E-state index contributed by atoms with van der Waals surface area (Å²) in [6, 6.07) is 22.8. The molecule has 0 spiro atoms. The Bertz CT molecular complexity index is 742. The molecule has 0 saturated heterocycles. The highest BCUT2D eigenvalue weighted by Crippen LogP contribution is 2.26. The summed E-state index contributed by atoms with van der Waals surface area (Å²) in [6.45, 7) is 4.17. The van der Waals surface area contributed by atoms with Crippen molar-refractivity contribution in [2.24, 2.45) is 0 Å². The Labute approximate surface area is 148 Å². The van der Waals surface area contributed by atoms with Gasteiger partial charge in [0.2, 0.25) is 0 Å². The quantitative estimate of drug-likeness (QED) is 0.627. The van der Waals surface area contributed by atoms with Gasteiger partial charge in [-0.25, -0.2) is 23.1 Å². The number of rotatable bonds is 2. The third kappa shape index (κ3) is 6.62. The number of aryl methyl sites for hydroxylation is 2. The van der Waals surface area contributed by atoms with Crippen LogP contribution in [0.15, 0.2) is 71.1 Å². The van der Waals surface area contributed by atoms with Crippen LogP contribution in [0, 0.1) is 24.1 Å². The maximum absolute atomic E-state index is 8.49. The average Bonchev–Trinajstić information content (AvgIpc) is 2.55. The lowest BCUT2D eigenvalue weighted by Crippen LogP contribution is -2.68. The SMILES string of the molecule is Cc1ccc(-c2cccc(-c3ccc(C)cc3)[o+]2)cc1.[O-][Cl+3]([O-])([O-])[O-]. The number of benzene rings is 2. The van der Waals surface area contributed by atoms with E-state index in [4.69, 9.17) is 23.1 Å². The molecule has 0 bridgehead atoms. The molecule has 0 aliphatic carbocycles. The molecule has 130 valence electrons. The van der Waals surface area contributed by atoms with Crippen molar-refractivity contribution in [1.82, 2.24) is 0 Å². The van der Waals surface area contributed by atoms with E-state index in [9.17, 15) is 0 Å². The van der Waals surface area contributed by atoms with Gasteiger partial charge in [0.05, 0.1) is 11.1 Å². The molecule has 2 aromatic carbocycles. The predicted octanol–water partition coefficient (Wildman–Crippen LogP) is 0.756. The summed E-state index contributed by atoms with van der Waals surface area (Å²) in [5, 5.41) is 0. The molecule has 6 heteroatoms. The van der Waals surface area contributed by atoms with E-state index in [-0.39, 0.29) is 0 Å². The monoisotopic (exact) mass is 360 g/mol. The van der Waals surface area contributed by atoms with E-state index in [1.807, 2.05) is 18.2 Å². The van der Waals surface area contributed by atoms with Gasteiger partial charge >= 0.3 is 11.5 Å². The lowest BCUT2D eigenvalue weighted by Gasteiger charge is -2.17. The Balaban J connectivity index is 0.000000399. The third-order valence-corrected chi connectivity index (χ3v) is 3.39. The van der Waals surface area contributed by atoms with Crippen LogP contribution in [-0.2, 0) is 0 Å². The van der Waals surface area contributed by atoms with Crippen molar-refractivity contribution < 1.29 is 33.3 Å². The van der Waals surface area contributed by atoms with Crippen LogP contribution in [-0.4, -0.2) is 0 Å². The van der Waals surface area contributed by atoms with Crippen LogP contribution >= 0.6 is 0 Å². The molecule has 1 aromatic heterocycles. The zero-order valence-electron chi connectivity index (χ0n) is 13.8. The summed E-state index contributed by atoms with van der Waals surface area (Å²) in [6.07, 6.45) is 0. The standard InChI is InChI=1S/C19H17O.ClHO4/c1-14-6-10-16(11-7-14)18-4-3-5-19(20-18)17-12-8-15(2)9-13-17;2-1(3,4)5/h3-13H,1-2H3;(H,2,3,4,5)/q+1;/p-1. The van der Waals surface area contributed by atoms with Crippen molar-refractivity contribution in [2.75, 3.05) is 0 Å². The van der Waals surface area contributed by atoms with Crippen LogP contribution in [0.2, 0.25) is 0 Å². The highest BCUT2D eigenvalue weighted by molar-refractivity contribution is 5.63. The smallest absolute Gasteiger partial charge is 0.222 e. The van der Waals surface area contributed by atoms with Crippen molar-refractivity contribution in [3.63, 3.8) is 0 Å². The minimum Gasteiger partial charge on any atom is -0.222 e. The first-order valence-electron chi connectivity index (χ1n) is 7.41. The molecule has 3 rings (SSSR count). The fraction of sp³-hybridized carbons (Fsp3) is 0.105. The zero-order chi connectivity index (χ0) is 18.4. The molecule has 0 unspecified atom stereocenters. The molecule has 0 atom stereocenters. The van der Waals surface area contributed by atoms with E-state index in [0.29, 0.717) is 0 Å². The molecule has 0 radical (unpaired) electrons. The number of hydrogen-bond donors (Lipinski definition) is 0. The Hall–Kier alpha value is -2.28. The number of halogens is 1. The van der Waals surface area contributed by atoms with Gasteiger partial charge in [0.1, 0.15) is 0 Å². The largest absolute Gasteiger partial charge is 0.360 e. The summed E-state index contributed by atoms with van der Waals surface area (Å²) >= 11 is 0. The fourth-order valence-corrected chi connectivity index (χ4v) is 2.16. The lowest BCUT2D eigenvalue weighted by atomic mass is 10.1. The first-order valence-corrected chi connectivity index (χ1v) is 8.65. The van der Waals surface area contributed by atoms with Gasteiger partial charge in [-0.2, -0.15) is 0 Å². The van der Waals surface area contributed by atoms with Gasteiger partial charge in [0.25, 0.3) is 0 Å². The highest BCUT2D eigenvalue weighted by atomic mass is 35.7. The van der Waals surface area contributed by atoms with E-state index >= 15 is 0 Å². The second kappa shape index (κ2) is 8.20. The summed E-state index contributed by atoms with van der Waals surface area (Å²) < 4.78 is 40.0. The molecule has 25 heavy (non-hydrogen) atoms. The Morgan fingerprint density at radius 1 is 0.600 bits per heavy atom. The van der Waals surface area contributed by atoms with E-state index in [1.165, 1.54) is 11.1 Å². The average molecular weight is 361 g/mol. The van der Waals surface area contributed by atoms with E-state index in [0.717, 1.165) is 22.6 Å². The third-order valence-electron chi connectivity index (χ3n) is 3.39. The van der Waals surface area contributed by atoms with Crippen LogP contribution < -0.4 is 18.6 Å². The molecule has 0 aliphatic heterocycles. The molecule has 3 aromatic rings. The minimum absolute atomic E-state index is 0.892. The van der Waals surface area contributed by atoms with Gasteiger partial charge < -0.3 is 0 Å². The van der Waals surface area contributed by atoms with Crippen molar-refractivity contribution in [3.8, 4) is 22.6 Å². The van der Waals surface area contributed by atoms with Gasteiger partial charge in [0, 0.05) is 12.1 Å². The van der Waals surface area contributed by atoms with E-state index in [1.54, 1.807) is 0 Å². The van der Waals surface area contributed by atoms with Crippen molar-refractivity contribution in [1.29, 1.82) is 0 Å². The Morgan fingerprint density at radius 3 is 1.24 bits per heavy atom. The molecule has 0 aliphatic rings. The molecular formula is C19H17ClO5. The van der Waals surface area contributed by atoms with Crippen LogP contribution in [0.3, 0.4) is 0 Å². The lowest BCUT2D eigenvalue weighted by molar-refractivity contribution is -2.00. The van der Waals surface area contributed by atoms with E-state index < -0.39 is 10.2 Å². The van der Waals surface area contributed by atoms with Gasteiger partial charge in [-0.3, -0.25) is 0 Å². The van der Waals surface area contributed by atoms with Gasteiger partial charge in [-0.05, 0) is 44.2 Å². The molecule has 1 heterocycles. The molecule has 0 saturated carbocycles. The van der Waals surface area contributed by atoms with Gasteiger partial charge in [0.15, 0.2) is 0 Å². The van der Waals surface area contributed by atoms with Crippen LogP contribution in [0.25, 0.3) is 22.6 Å². The summed E-state index contributed by atoms with van der Waals surface area (Å²) in [4.78, 5) is 0. The second-order valence-electron chi connectivity index (χ2n) is 5.47. The number of hydrogen-bond acceptors (Lipinski definition) is 4. The van der Waals surface area contributed by atoms with Crippen LogP contribution in [0.1, 0.15) is 11.1 Å². The minimum atomic E-state index is -4.94. The first-order chi connectivity index (χ1) is 11.7. The summed E-state index contributed by atoms with van der Waals surface area (Å²) in [5.41, 5.74) is 4.71.